The Labute approximate surface area is 122 Å². The van der Waals surface area contributed by atoms with Crippen molar-refractivity contribution in [1.29, 1.82) is 0 Å². The highest BCUT2D eigenvalue weighted by Gasteiger charge is 2.09. The van der Waals surface area contributed by atoms with Gasteiger partial charge in [-0.25, -0.2) is 0 Å². The molecule has 1 aromatic carbocycles. The molecule has 1 atom stereocenters. The average Bonchev–Trinajstić information content (AvgIpc) is 2.39. The monoisotopic (exact) mass is 272 g/mol. The molecule has 0 N–H and O–H groups in total. The number of ether oxygens (including phenoxy) is 1. The fourth-order valence-electron chi connectivity index (χ4n) is 1.96. The maximum atomic E-state index is 11.8. The van der Waals surface area contributed by atoms with E-state index in [2.05, 4.69) is 19.1 Å². The van der Waals surface area contributed by atoms with Crippen LogP contribution in [0.5, 0.6) is 0 Å². The fourth-order valence-corrected chi connectivity index (χ4v) is 1.96. The summed E-state index contributed by atoms with van der Waals surface area (Å²) in [5.41, 5.74) is 2.24. The third kappa shape index (κ3) is 6.93. The summed E-state index contributed by atoms with van der Waals surface area (Å²) < 4.78 is 5.41. The number of rotatable bonds is 7. The highest BCUT2D eigenvalue weighted by molar-refractivity contribution is 5.72. The van der Waals surface area contributed by atoms with Gasteiger partial charge in [0, 0.05) is 0 Å². The zero-order valence-corrected chi connectivity index (χ0v) is 12.6. The molecule has 0 spiro atoms. The van der Waals surface area contributed by atoms with Crippen LogP contribution in [0.4, 0.5) is 0 Å². The van der Waals surface area contributed by atoms with Crippen LogP contribution < -0.4 is 0 Å². The first-order valence-corrected chi connectivity index (χ1v) is 7.14. The number of carbonyl (C=O) groups excluding carboxylic acids is 1. The summed E-state index contributed by atoms with van der Waals surface area (Å²) in [6, 6.07) is 9.68. The van der Waals surface area contributed by atoms with E-state index >= 15 is 0 Å². The Bertz CT molecular complexity index is 458. The van der Waals surface area contributed by atoms with E-state index in [-0.39, 0.29) is 12.1 Å². The Morgan fingerprint density at radius 2 is 2.00 bits per heavy atom. The predicted octanol–water partition coefficient (Wildman–Crippen LogP) is 4.46. The van der Waals surface area contributed by atoms with Crippen LogP contribution in [0.25, 0.3) is 0 Å². The quantitative estimate of drug-likeness (QED) is 0.541. The third-order valence-corrected chi connectivity index (χ3v) is 2.99. The number of carbonyl (C=O) groups is 1. The summed E-state index contributed by atoms with van der Waals surface area (Å²) in [6.45, 7) is 6.03. The van der Waals surface area contributed by atoms with Gasteiger partial charge in [0.1, 0.15) is 0 Å². The smallest absolute Gasteiger partial charge is 0.310 e. The standard InChI is InChI=1S/C18H24O2/c1-4-9-15(2)10-8-11-16(3)20-18(19)14-17-12-6-5-7-13-17/h4-7,9-10,12-13,16H,8,11,14H2,1-3H3/b9-4+,15-10+. The van der Waals surface area contributed by atoms with Crippen molar-refractivity contribution >= 4 is 5.97 Å². The molecule has 2 heteroatoms. The van der Waals surface area contributed by atoms with E-state index in [0.717, 1.165) is 18.4 Å². The fraction of sp³-hybridized carbons (Fsp3) is 0.389. The molecule has 0 aliphatic carbocycles. The Balaban J connectivity index is 2.30. The summed E-state index contributed by atoms with van der Waals surface area (Å²) in [4.78, 5) is 11.8. The van der Waals surface area contributed by atoms with E-state index in [4.69, 9.17) is 4.74 Å². The number of hydrogen-bond acceptors (Lipinski definition) is 2. The summed E-state index contributed by atoms with van der Waals surface area (Å²) in [5, 5.41) is 0. The van der Waals surface area contributed by atoms with E-state index in [1.165, 1.54) is 5.57 Å². The first-order valence-electron chi connectivity index (χ1n) is 7.14. The lowest BCUT2D eigenvalue weighted by atomic mass is 10.1. The van der Waals surface area contributed by atoms with Crippen LogP contribution in [-0.2, 0) is 16.0 Å². The lowest BCUT2D eigenvalue weighted by Crippen LogP contribution is -2.16. The van der Waals surface area contributed by atoms with Gasteiger partial charge in [0.15, 0.2) is 0 Å². The van der Waals surface area contributed by atoms with Crippen molar-refractivity contribution in [3.05, 3.63) is 59.7 Å². The average molecular weight is 272 g/mol. The molecule has 0 heterocycles. The molecule has 0 aliphatic rings. The van der Waals surface area contributed by atoms with E-state index in [0.29, 0.717) is 6.42 Å². The zero-order chi connectivity index (χ0) is 14.8. The zero-order valence-electron chi connectivity index (χ0n) is 12.6. The largest absolute Gasteiger partial charge is 0.462 e. The van der Waals surface area contributed by atoms with E-state index in [1.807, 2.05) is 50.3 Å². The molecule has 0 aromatic heterocycles. The molecular formula is C18H24O2. The predicted molar refractivity (Wildman–Crippen MR) is 83.5 cm³/mol. The van der Waals surface area contributed by atoms with Crippen LogP contribution in [0.2, 0.25) is 0 Å². The molecular weight excluding hydrogens is 248 g/mol. The van der Waals surface area contributed by atoms with E-state index < -0.39 is 0 Å². The van der Waals surface area contributed by atoms with Crippen LogP contribution in [0.15, 0.2) is 54.1 Å². The summed E-state index contributed by atoms with van der Waals surface area (Å²) >= 11 is 0. The van der Waals surface area contributed by atoms with Gasteiger partial charge in [0.2, 0.25) is 0 Å². The number of hydrogen-bond donors (Lipinski definition) is 0. The lowest BCUT2D eigenvalue weighted by Gasteiger charge is -2.12. The second-order valence-electron chi connectivity index (χ2n) is 4.99. The van der Waals surface area contributed by atoms with Crippen LogP contribution in [0, 0.1) is 0 Å². The first-order chi connectivity index (χ1) is 9.61. The Hall–Kier alpha value is -1.83. The van der Waals surface area contributed by atoms with Gasteiger partial charge in [-0.2, -0.15) is 0 Å². The van der Waals surface area contributed by atoms with E-state index in [9.17, 15) is 4.79 Å². The van der Waals surface area contributed by atoms with Crippen LogP contribution in [-0.4, -0.2) is 12.1 Å². The molecule has 1 rings (SSSR count). The Kier molecular flexibility index (Phi) is 7.41. The van der Waals surface area contributed by atoms with Crippen molar-refractivity contribution in [2.75, 3.05) is 0 Å². The van der Waals surface area contributed by atoms with Crippen molar-refractivity contribution in [3.8, 4) is 0 Å². The maximum Gasteiger partial charge on any atom is 0.310 e. The minimum Gasteiger partial charge on any atom is -0.462 e. The first kappa shape index (κ1) is 16.2. The van der Waals surface area contributed by atoms with Gasteiger partial charge in [-0.1, -0.05) is 54.1 Å². The minimum atomic E-state index is -0.155. The van der Waals surface area contributed by atoms with Crippen molar-refractivity contribution in [2.45, 2.75) is 46.1 Å². The van der Waals surface area contributed by atoms with Gasteiger partial charge in [-0.3, -0.25) is 4.79 Å². The van der Waals surface area contributed by atoms with Crippen molar-refractivity contribution in [3.63, 3.8) is 0 Å². The second kappa shape index (κ2) is 9.13. The third-order valence-electron chi connectivity index (χ3n) is 2.99. The van der Waals surface area contributed by atoms with Gasteiger partial charge >= 0.3 is 5.97 Å². The molecule has 0 radical (unpaired) electrons. The van der Waals surface area contributed by atoms with E-state index in [1.54, 1.807) is 0 Å². The van der Waals surface area contributed by atoms with Gasteiger partial charge in [0.25, 0.3) is 0 Å². The molecule has 0 bridgehead atoms. The molecule has 1 unspecified atom stereocenters. The summed E-state index contributed by atoms with van der Waals surface area (Å²) in [6.07, 6.45) is 8.35. The highest BCUT2D eigenvalue weighted by Crippen LogP contribution is 2.08. The Morgan fingerprint density at radius 1 is 1.30 bits per heavy atom. The molecule has 0 saturated heterocycles. The molecule has 20 heavy (non-hydrogen) atoms. The molecule has 0 aliphatic heterocycles. The van der Waals surface area contributed by atoms with Gasteiger partial charge in [0.05, 0.1) is 12.5 Å². The van der Waals surface area contributed by atoms with Crippen molar-refractivity contribution in [2.24, 2.45) is 0 Å². The minimum absolute atomic E-state index is 0.0409. The second-order valence-corrected chi connectivity index (χ2v) is 4.99. The lowest BCUT2D eigenvalue weighted by molar-refractivity contribution is -0.147. The number of allylic oxidation sites excluding steroid dienone is 4. The number of esters is 1. The molecule has 0 fully saturated rings. The van der Waals surface area contributed by atoms with Gasteiger partial charge < -0.3 is 4.74 Å². The molecule has 2 nitrogen and oxygen atoms in total. The molecule has 1 aromatic rings. The van der Waals surface area contributed by atoms with Gasteiger partial charge in [-0.05, 0) is 39.2 Å². The van der Waals surface area contributed by atoms with Gasteiger partial charge in [-0.15, -0.1) is 0 Å². The van der Waals surface area contributed by atoms with Crippen LogP contribution >= 0.6 is 0 Å². The van der Waals surface area contributed by atoms with Crippen molar-refractivity contribution in [1.82, 2.24) is 0 Å². The maximum absolute atomic E-state index is 11.8. The Morgan fingerprint density at radius 3 is 2.65 bits per heavy atom. The molecule has 108 valence electrons. The topological polar surface area (TPSA) is 26.3 Å². The van der Waals surface area contributed by atoms with Crippen LogP contribution in [0.3, 0.4) is 0 Å². The van der Waals surface area contributed by atoms with Crippen molar-refractivity contribution < 1.29 is 9.53 Å². The highest BCUT2D eigenvalue weighted by atomic mass is 16.5. The SMILES string of the molecule is C/C=C/C(C)=C/CCC(C)OC(=O)Cc1ccccc1. The van der Waals surface area contributed by atoms with Crippen LogP contribution in [0.1, 0.15) is 39.2 Å². The molecule has 0 saturated carbocycles. The number of benzene rings is 1. The summed E-state index contributed by atoms with van der Waals surface area (Å²) in [5.74, 6) is -0.155. The molecule has 0 amide bonds. The normalized spacial score (nSPS) is 13.4. The summed E-state index contributed by atoms with van der Waals surface area (Å²) in [7, 11) is 0.